The second-order valence-corrected chi connectivity index (χ2v) is 6.71. The molecule has 1 saturated carbocycles. The molecule has 0 spiro atoms. The van der Waals surface area contributed by atoms with Gasteiger partial charge in [-0.1, -0.05) is 63.2 Å². The van der Waals surface area contributed by atoms with E-state index in [9.17, 15) is 0 Å². The molecule has 0 amide bonds. The molecule has 2 heteroatoms. The fourth-order valence-electron chi connectivity index (χ4n) is 3.51. The van der Waals surface area contributed by atoms with Crippen LogP contribution in [-0.4, -0.2) is 12.8 Å². The zero-order valence-corrected chi connectivity index (χ0v) is 12.7. The third kappa shape index (κ3) is 2.54. The highest BCUT2D eigenvalue weighted by atomic mass is 16.6. The van der Waals surface area contributed by atoms with Gasteiger partial charge >= 0.3 is 0 Å². The van der Waals surface area contributed by atoms with Crippen LogP contribution in [0.1, 0.15) is 46.1 Å². The van der Waals surface area contributed by atoms with Crippen molar-refractivity contribution in [2.75, 3.05) is 7.11 Å². The van der Waals surface area contributed by atoms with E-state index in [2.05, 4.69) is 57.1 Å². The monoisotopic (exact) mass is 259 g/mol. The standard InChI is InChI=1S/C17H25NO/c1-13(2)16(3)11-17(4,12-16)15(18-19-5)14-9-7-6-8-10-14/h6-10,13H,11-12H2,1-5H3/b18-15+. The number of hydrogen-bond donors (Lipinski definition) is 0. The Balaban J connectivity index is 2.26. The van der Waals surface area contributed by atoms with Crippen molar-refractivity contribution < 1.29 is 4.84 Å². The molecule has 0 atom stereocenters. The summed E-state index contributed by atoms with van der Waals surface area (Å²) in [5.74, 6) is 0.708. The Morgan fingerprint density at radius 3 is 2.21 bits per heavy atom. The molecule has 0 aliphatic heterocycles. The van der Waals surface area contributed by atoms with E-state index in [1.54, 1.807) is 7.11 Å². The molecule has 0 bridgehead atoms. The lowest BCUT2D eigenvalue weighted by Crippen LogP contribution is -2.50. The van der Waals surface area contributed by atoms with E-state index in [1.807, 2.05) is 6.07 Å². The minimum absolute atomic E-state index is 0.135. The highest BCUT2D eigenvalue weighted by Crippen LogP contribution is 2.59. The van der Waals surface area contributed by atoms with E-state index in [4.69, 9.17) is 4.84 Å². The van der Waals surface area contributed by atoms with E-state index in [0.717, 1.165) is 5.71 Å². The first-order chi connectivity index (χ1) is 8.91. The van der Waals surface area contributed by atoms with E-state index >= 15 is 0 Å². The van der Waals surface area contributed by atoms with Crippen molar-refractivity contribution in [3.8, 4) is 0 Å². The molecular formula is C17H25NO. The van der Waals surface area contributed by atoms with Crippen molar-refractivity contribution in [1.29, 1.82) is 0 Å². The van der Waals surface area contributed by atoms with Crippen LogP contribution in [-0.2, 0) is 4.84 Å². The molecule has 0 N–H and O–H groups in total. The number of oxime groups is 1. The van der Waals surface area contributed by atoms with Crippen LogP contribution in [0.5, 0.6) is 0 Å². The molecule has 1 aromatic rings. The molecule has 1 aliphatic rings. The van der Waals surface area contributed by atoms with E-state index in [-0.39, 0.29) is 5.41 Å². The Labute approximate surface area is 116 Å². The summed E-state index contributed by atoms with van der Waals surface area (Å²) in [4.78, 5) is 5.10. The Kier molecular flexibility index (Phi) is 3.71. The van der Waals surface area contributed by atoms with Gasteiger partial charge in [-0.2, -0.15) is 0 Å². The zero-order valence-electron chi connectivity index (χ0n) is 12.7. The Morgan fingerprint density at radius 2 is 1.74 bits per heavy atom. The van der Waals surface area contributed by atoms with Crippen molar-refractivity contribution in [3.63, 3.8) is 0 Å². The van der Waals surface area contributed by atoms with E-state index in [0.29, 0.717) is 11.3 Å². The van der Waals surface area contributed by atoms with E-state index < -0.39 is 0 Å². The minimum atomic E-state index is 0.135. The molecule has 1 fully saturated rings. The second kappa shape index (κ2) is 4.99. The van der Waals surface area contributed by atoms with E-state index in [1.165, 1.54) is 18.4 Å². The van der Waals surface area contributed by atoms with Crippen molar-refractivity contribution in [2.24, 2.45) is 21.9 Å². The van der Waals surface area contributed by atoms with Gasteiger partial charge in [0.2, 0.25) is 0 Å². The van der Waals surface area contributed by atoms with Gasteiger partial charge in [-0.3, -0.25) is 0 Å². The van der Waals surface area contributed by atoms with Gasteiger partial charge in [-0.25, -0.2) is 0 Å². The molecule has 2 nitrogen and oxygen atoms in total. The second-order valence-electron chi connectivity index (χ2n) is 6.71. The molecule has 19 heavy (non-hydrogen) atoms. The van der Waals surface area contributed by atoms with Crippen LogP contribution < -0.4 is 0 Å². The third-order valence-corrected chi connectivity index (χ3v) is 4.78. The highest BCUT2D eigenvalue weighted by molar-refractivity contribution is 6.04. The number of benzene rings is 1. The van der Waals surface area contributed by atoms with Crippen molar-refractivity contribution >= 4 is 5.71 Å². The summed E-state index contributed by atoms with van der Waals surface area (Å²) < 4.78 is 0. The van der Waals surface area contributed by atoms with Gasteiger partial charge in [0.1, 0.15) is 7.11 Å². The van der Waals surface area contributed by atoms with Gasteiger partial charge in [0.15, 0.2) is 0 Å². The minimum Gasteiger partial charge on any atom is -0.399 e. The first-order valence-electron chi connectivity index (χ1n) is 7.08. The van der Waals surface area contributed by atoms with Crippen LogP contribution in [0.25, 0.3) is 0 Å². The molecule has 104 valence electrons. The predicted molar refractivity (Wildman–Crippen MR) is 80.3 cm³/mol. The largest absolute Gasteiger partial charge is 0.399 e. The molecule has 0 unspecified atom stereocenters. The highest BCUT2D eigenvalue weighted by Gasteiger charge is 2.53. The summed E-state index contributed by atoms with van der Waals surface area (Å²) in [6, 6.07) is 10.4. The summed E-state index contributed by atoms with van der Waals surface area (Å²) in [5.41, 5.74) is 2.83. The van der Waals surface area contributed by atoms with Gasteiger partial charge in [-0.05, 0) is 29.7 Å². The van der Waals surface area contributed by atoms with Gasteiger partial charge in [0, 0.05) is 5.41 Å². The first kappa shape index (κ1) is 14.1. The van der Waals surface area contributed by atoms with Crippen LogP contribution in [0.15, 0.2) is 35.5 Å². The maximum atomic E-state index is 5.10. The number of rotatable bonds is 4. The lowest BCUT2D eigenvalue weighted by Gasteiger charge is -2.55. The number of nitrogens with zero attached hydrogens (tertiary/aromatic N) is 1. The van der Waals surface area contributed by atoms with Crippen molar-refractivity contribution in [1.82, 2.24) is 0 Å². The van der Waals surface area contributed by atoms with Gasteiger partial charge < -0.3 is 4.84 Å². The maximum absolute atomic E-state index is 5.10. The summed E-state index contributed by atoms with van der Waals surface area (Å²) >= 11 is 0. The lowest BCUT2D eigenvalue weighted by atomic mass is 9.48. The van der Waals surface area contributed by atoms with Crippen LogP contribution >= 0.6 is 0 Å². The Hall–Kier alpha value is -1.31. The van der Waals surface area contributed by atoms with Gasteiger partial charge in [0.25, 0.3) is 0 Å². The normalized spacial score (nSPS) is 31.2. The molecule has 0 radical (unpaired) electrons. The molecule has 0 aromatic heterocycles. The lowest BCUT2D eigenvalue weighted by molar-refractivity contribution is -0.00361. The fourth-order valence-corrected chi connectivity index (χ4v) is 3.51. The Morgan fingerprint density at radius 1 is 1.16 bits per heavy atom. The van der Waals surface area contributed by atoms with Crippen LogP contribution in [0.4, 0.5) is 0 Å². The van der Waals surface area contributed by atoms with Crippen molar-refractivity contribution in [3.05, 3.63) is 35.9 Å². The predicted octanol–water partition coefficient (Wildman–Crippen LogP) is 4.50. The SMILES string of the molecule is CO/N=C(\c1ccccc1)C1(C)CC(C)(C(C)C)C1. The Bertz CT molecular complexity index is 455. The topological polar surface area (TPSA) is 21.6 Å². The summed E-state index contributed by atoms with van der Waals surface area (Å²) in [6.45, 7) is 9.32. The average Bonchev–Trinajstić information content (AvgIpc) is 2.34. The zero-order chi connectivity index (χ0) is 14.1. The molecular weight excluding hydrogens is 234 g/mol. The quantitative estimate of drug-likeness (QED) is 0.576. The molecule has 0 saturated heterocycles. The van der Waals surface area contributed by atoms with Crippen LogP contribution in [0.2, 0.25) is 0 Å². The molecule has 0 heterocycles. The van der Waals surface area contributed by atoms with Gasteiger partial charge in [-0.15, -0.1) is 0 Å². The number of hydrogen-bond acceptors (Lipinski definition) is 2. The maximum Gasteiger partial charge on any atom is 0.106 e. The molecule has 2 rings (SSSR count). The van der Waals surface area contributed by atoms with Gasteiger partial charge in [0.05, 0.1) is 5.71 Å². The summed E-state index contributed by atoms with van der Waals surface area (Å²) in [6.07, 6.45) is 2.35. The van der Waals surface area contributed by atoms with Crippen molar-refractivity contribution in [2.45, 2.75) is 40.5 Å². The third-order valence-electron chi connectivity index (χ3n) is 4.78. The molecule has 1 aromatic carbocycles. The first-order valence-corrected chi connectivity index (χ1v) is 7.08. The van der Waals surface area contributed by atoms with Crippen LogP contribution in [0, 0.1) is 16.7 Å². The fraction of sp³-hybridized carbons (Fsp3) is 0.588. The summed E-state index contributed by atoms with van der Waals surface area (Å²) in [5, 5.41) is 4.33. The average molecular weight is 259 g/mol. The smallest absolute Gasteiger partial charge is 0.106 e. The summed E-state index contributed by atoms with van der Waals surface area (Å²) in [7, 11) is 1.63. The molecule has 1 aliphatic carbocycles. The van der Waals surface area contributed by atoms with Crippen LogP contribution in [0.3, 0.4) is 0 Å².